The molecule has 4 N–H and O–H groups in total. The van der Waals surface area contributed by atoms with Gasteiger partial charge in [-0.15, -0.1) is 0 Å². The van der Waals surface area contributed by atoms with E-state index in [0.29, 0.717) is 23.3 Å². The van der Waals surface area contributed by atoms with Crippen LogP contribution < -0.4 is 19.9 Å². The number of aliphatic hydroxyl groups excluding tert-OH is 1. The molecule has 1 atom stereocenters. The fraction of sp³-hybridized carbons (Fsp3) is 0.409. The fourth-order valence-corrected chi connectivity index (χ4v) is 3.73. The van der Waals surface area contributed by atoms with E-state index >= 15 is 0 Å². The lowest BCUT2D eigenvalue weighted by Crippen LogP contribution is -3.11. The minimum Gasteiger partial charge on any atom is -0.491 e. The number of nitrogen functional groups attached to an aromatic ring is 1. The summed E-state index contributed by atoms with van der Waals surface area (Å²) < 4.78 is 9.81. The summed E-state index contributed by atoms with van der Waals surface area (Å²) in [5.41, 5.74) is 8.61. The number of nitrogens with one attached hydrogen (secondary N) is 1. The van der Waals surface area contributed by atoms with E-state index in [-0.39, 0.29) is 6.61 Å². The van der Waals surface area contributed by atoms with Crippen LogP contribution in [-0.4, -0.2) is 42.0 Å². The summed E-state index contributed by atoms with van der Waals surface area (Å²) in [6, 6.07) is 15.2. The number of quaternary nitrogens is 1. The van der Waals surface area contributed by atoms with Gasteiger partial charge in [-0.05, 0) is 50.2 Å². The molecule has 156 valence electrons. The van der Waals surface area contributed by atoms with Gasteiger partial charge in [-0.2, -0.15) is 0 Å². The lowest BCUT2D eigenvalue weighted by Gasteiger charge is -2.14. The molecule has 0 aliphatic rings. The highest BCUT2D eigenvalue weighted by Crippen LogP contribution is 2.17. The first kappa shape index (κ1) is 21.4. The number of fused-ring (bicyclic) bond motifs is 1. The number of aliphatic hydroxyl groups is 1. The van der Waals surface area contributed by atoms with E-state index in [2.05, 4.69) is 24.5 Å². The van der Waals surface area contributed by atoms with Crippen molar-refractivity contribution in [2.24, 2.45) is 0 Å². The van der Waals surface area contributed by atoms with Gasteiger partial charge in [-0.3, -0.25) is 5.73 Å². The number of likely N-dealkylation sites (N-methyl/N-ethyl adjacent to an activating group) is 1. The third-order valence-electron chi connectivity index (χ3n) is 5.35. The van der Waals surface area contributed by atoms with Crippen LogP contribution in [0.3, 0.4) is 0 Å². The van der Waals surface area contributed by atoms with Crippen LogP contribution in [-0.2, 0) is 13.1 Å². The van der Waals surface area contributed by atoms with Gasteiger partial charge < -0.3 is 14.7 Å². The number of ether oxygens (including phenoxy) is 1. The van der Waals surface area contributed by atoms with Crippen LogP contribution in [0.25, 0.3) is 11.0 Å². The first-order chi connectivity index (χ1) is 14.0. The lowest BCUT2D eigenvalue weighted by atomic mass is 10.3. The third kappa shape index (κ3) is 5.21. The largest absolute Gasteiger partial charge is 0.491 e. The zero-order valence-corrected chi connectivity index (χ0v) is 17.9. The standard InChI is InChI=1S/C22H29ClN4O2/c1-3-25(4-2)13-14-26-20-7-5-6-8-21(20)27(22(26)24)15-18(28)16-29-19-11-9-17(23)10-12-19/h5-12,18,24,28H,3-4,13-16H2,1-2H3/p+2/t18-/m1/s1. The van der Waals surface area contributed by atoms with E-state index in [9.17, 15) is 5.11 Å². The molecule has 6 nitrogen and oxygen atoms in total. The number of anilines is 1. The molecule has 7 heteroatoms. The predicted octanol–water partition coefficient (Wildman–Crippen LogP) is 1.53. The monoisotopic (exact) mass is 418 g/mol. The molecule has 0 saturated carbocycles. The van der Waals surface area contributed by atoms with Crippen molar-refractivity contribution in [1.29, 1.82) is 0 Å². The number of imidazole rings is 1. The first-order valence-corrected chi connectivity index (χ1v) is 10.6. The minimum atomic E-state index is -0.689. The highest BCUT2D eigenvalue weighted by molar-refractivity contribution is 6.30. The normalized spacial score (nSPS) is 12.6. The van der Waals surface area contributed by atoms with Gasteiger partial charge in [0.1, 0.15) is 49.1 Å². The number of rotatable bonds is 10. The lowest BCUT2D eigenvalue weighted by molar-refractivity contribution is -0.897. The number of benzene rings is 2. The molecule has 0 fully saturated rings. The van der Waals surface area contributed by atoms with Crippen LogP contribution in [0.2, 0.25) is 5.02 Å². The molecular formula is C22H31ClN4O2+2. The minimum absolute atomic E-state index is 0.178. The van der Waals surface area contributed by atoms with Crippen molar-refractivity contribution in [2.45, 2.75) is 33.0 Å². The average molecular weight is 419 g/mol. The quantitative estimate of drug-likeness (QED) is 0.437. The van der Waals surface area contributed by atoms with Gasteiger partial charge in [-0.1, -0.05) is 23.7 Å². The predicted molar refractivity (Wildman–Crippen MR) is 116 cm³/mol. The van der Waals surface area contributed by atoms with Crippen LogP contribution in [0.4, 0.5) is 5.95 Å². The zero-order chi connectivity index (χ0) is 20.8. The van der Waals surface area contributed by atoms with E-state index < -0.39 is 6.10 Å². The van der Waals surface area contributed by atoms with Crippen molar-refractivity contribution in [1.82, 2.24) is 4.57 Å². The molecule has 2 aromatic carbocycles. The molecule has 0 saturated heterocycles. The average Bonchev–Trinajstić information content (AvgIpc) is 3.00. The Morgan fingerprint density at radius 2 is 1.83 bits per heavy atom. The maximum absolute atomic E-state index is 10.6. The van der Waals surface area contributed by atoms with E-state index in [1.807, 2.05) is 22.8 Å². The maximum atomic E-state index is 10.6. The summed E-state index contributed by atoms with van der Waals surface area (Å²) >= 11 is 5.89. The van der Waals surface area contributed by atoms with E-state index in [1.54, 1.807) is 24.3 Å². The van der Waals surface area contributed by atoms with Crippen LogP contribution in [0.5, 0.6) is 5.75 Å². The Balaban J connectivity index is 1.74. The number of nitrogens with two attached hydrogens (primary N) is 1. The van der Waals surface area contributed by atoms with Crippen molar-refractivity contribution >= 4 is 28.6 Å². The van der Waals surface area contributed by atoms with Crippen molar-refractivity contribution < 1.29 is 19.3 Å². The Morgan fingerprint density at radius 3 is 2.52 bits per heavy atom. The first-order valence-electron chi connectivity index (χ1n) is 10.2. The summed E-state index contributed by atoms with van der Waals surface area (Å²) in [5.74, 6) is 1.33. The number of hydrogen-bond acceptors (Lipinski definition) is 3. The second kappa shape index (κ2) is 9.96. The topological polar surface area (TPSA) is 68.7 Å². The van der Waals surface area contributed by atoms with Crippen molar-refractivity contribution in [3.8, 4) is 5.75 Å². The van der Waals surface area contributed by atoms with Crippen LogP contribution >= 0.6 is 11.6 Å². The summed E-state index contributed by atoms with van der Waals surface area (Å²) in [4.78, 5) is 1.53. The molecule has 0 bridgehead atoms. The number of aromatic nitrogens is 2. The second-order valence-electron chi connectivity index (χ2n) is 7.24. The molecule has 0 spiro atoms. The smallest absolute Gasteiger partial charge is 0.356 e. The van der Waals surface area contributed by atoms with Crippen LogP contribution in [0.15, 0.2) is 48.5 Å². The van der Waals surface area contributed by atoms with Gasteiger partial charge in [0.15, 0.2) is 0 Å². The van der Waals surface area contributed by atoms with Gasteiger partial charge in [0.05, 0.1) is 13.1 Å². The number of halogens is 1. The summed E-state index contributed by atoms with van der Waals surface area (Å²) in [6.07, 6.45) is -0.689. The molecule has 0 radical (unpaired) electrons. The molecule has 3 aromatic rings. The summed E-state index contributed by atoms with van der Waals surface area (Å²) in [7, 11) is 0. The molecule has 1 aromatic heterocycles. The van der Waals surface area contributed by atoms with Crippen molar-refractivity contribution in [3.05, 3.63) is 53.6 Å². The molecule has 0 aliphatic heterocycles. The third-order valence-corrected chi connectivity index (χ3v) is 5.61. The molecule has 3 rings (SSSR count). The Bertz CT molecular complexity index is 922. The molecule has 29 heavy (non-hydrogen) atoms. The zero-order valence-electron chi connectivity index (χ0n) is 17.1. The van der Waals surface area contributed by atoms with Gasteiger partial charge in [0.2, 0.25) is 0 Å². The Hall–Kier alpha value is -2.28. The summed E-state index contributed by atoms with van der Waals surface area (Å²) in [6.45, 7) is 8.99. The number of hydrogen-bond donors (Lipinski definition) is 3. The SMILES string of the molecule is CC[NH+](CC)CCn1c(N)[n+](C[C@@H](O)COc2ccc(Cl)cc2)c2ccccc21. The van der Waals surface area contributed by atoms with Crippen molar-refractivity contribution in [2.75, 3.05) is 32.0 Å². The van der Waals surface area contributed by atoms with Gasteiger partial charge >= 0.3 is 5.95 Å². The Kier molecular flexibility index (Phi) is 7.36. The van der Waals surface area contributed by atoms with Gasteiger partial charge in [0.25, 0.3) is 0 Å². The van der Waals surface area contributed by atoms with Gasteiger partial charge in [0, 0.05) is 5.02 Å². The van der Waals surface area contributed by atoms with Crippen LogP contribution in [0.1, 0.15) is 13.8 Å². The van der Waals surface area contributed by atoms with E-state index in [0.717, 1.165) is 37.2 Å². The molecule has 1 heterocycles. The van der Waals surface area contributed by atoms with E-state index in [4.69, 9.17) is 22.1 Å². The number of para-hydroxylation sites is 2. The molecule has 0 amide bonds. The van der Waals surface area contributed by atoms with Crippen molar-refractivity contribution in [3.63, 3.8) is 0 Å². The second-order valence-corrected chi connectivity index (χ2v) is 7.67. The fourth-order valence-electron chi connectivity index (χ4n) is 3.60. The number of nitrogens with zero attached hydrogens (tertiary/aromatic N) is 2. The molecule has 0 aliphatic carbocycles. The van der Waals surface area contributed by atoms with Gasteiger partial charge in [-0.25, -0.2) is 9.13 Å². The molecule has 0 unspecified atom stereocenters. The van der Waals surface area contributed by atoms with Crippen LogP contribution in [0, 0.1) is 0 Å². The molecular weight excluding hydrogens is 388 g/mol. The summed E-state index contributed by atoms with van der Waals surface area (Å²) in [5, 5.41) is 11.2. The maximum Gasteiger partial charge on any atom is 0.356 e. The highest BCUT2D eigenvalue weighted by atomic mass is 35.5. The van der Waals surface area contributed by atoms with E-state index in [1.165, 1.54) is 4.90 Å². The Morgan fingerprint density at radius 1 is 1.14 bits per heavy atom. The highest BCUT2D eigenvalue weighted by Gasteiger charge is 2.23. The Labute approximate surface area is 177 Å².